The van der Waals surface area contributed by atoms with E-state index in [1.54, 1.807) is 5.54 Å². The van der Waals surface area contributed by atoms with E-state index in [1.165, 1.54) is 12.0 Å². The molecule has 1 N–H and O–H groups in total. The highest BCUT2D eigenvalue weighted by molar-refractivity contribution is 6.25. The van der Waals surface area contributed by atoms with Crippen molar-refractivity contribution >= 4 is 11.6 Å². The Morgan fingerprint density at radius 2 is 2.17 bits per heavy atom. The molecule has 0 aromatic carbocycles. The first-order chi connectivity index (χ1) is 5.66. The molecule has 0 saturated heterocycles. The first kappa shape index (κ1) is 11.9. The number of hydrogen-bond acceptors (Lipinski definition) is 2. The molecule has 72 valence electrons. The molecular formula is C9H19ClN2. The predicted octanol–water partition coefficient (Wildman–Crippen LogP) is 1.67. The lowest BCUT2D eigenvalue weighted by molar-refractivity contribution is 0.396. The average Bonchev–Trinajstić information content (AvgIpc) is 2.03. The molecule has 0 spiro atoms. The van der Waals surface area contributed by atoms with Crippen LogP contribution in [0.2, 0.25) is 0 Å². The molecule has 0 aromatic rings. The fraction of sp³-hybridized carbons (Fsp3) is 0.778. The van der Waals surface area contributed by atoms with Crippen LogP contribution in [0.25, 0.3) is 0 Å². The van der Waals surface area contributed by atoms with Gasteiger partial charge < -0.3 is 10.2 Å². The minimum Gasteiger partial charge on any atom is -0.313 e. The van der Waals surface area contributed by atoms with Crippen molar-refractivity contribution in [2.45, 2.75) is 13.3 Å². The fourth-order valence-corrected chi connectivity index (χ4v) is 0.922. The van der Waals surface area contributed by atoms with Gasteiger partial charge in [0.2, 0.25) is 0 Å². The van der Waals surface area contributed by atoms with Gasteiger partial charge in [0.15, 0.2) is 0 Å². The van der Waals surface area contributed by atoms with E-state index in [1.807, 2.05) is 6.92 Å². The van der Waals surface area contributed by atoms with E-state index in [-0.39, 0.29) is 0 Å². The van der Waals surface area contributed by atoms with E-state index in [2.05, 4.69) is 24.3 Å². The maximum absolute atomic E-state index is 5.50. The second-order valence-corrected chi connectivity index (χ2v) is 3.51. The van der Waals surface area contributed by atoms with Gasteiger partial charge in [-0.05, 0) is 46.1 Å². The lowest BCUT2D eigenvalue weighted by atomic mass is 10.3. The van der Waals surface area contributed by atoms with Crippen LogP contribution in [-0.4, -0.2) is 38.6 Å². The number of rotatable bonds is 6. The van der Waals surface area contributed by atoms with E-state index in [0.29, 0.717) is 0 Å². The van der Waals surface area contributed by atoms with Crippen molar-refractivity contribution in [3.8, 4) is 0 Å². The molecule has 0 aliphatic rings. The van der Waals surface area contributed by atoms with Crippen molar-refractivity contribution in [3.63, 3.8) is 0 Å². The number of nitrogens with zero attached hydrogens (tertiary/aromatic N) is 1. The second-order valence-electron chi connectivity index (χ2n) is 3.29. The lowest BCUT2D eigenvalue weighted by Gasteiger charge is -2.09. The summed E-state index contributed by atoms with van der Waals surface area (Å²) in [4.78, 5) is 2.19. The van der Waals surface area contributed by atoms with E-state index >= 15 is 0 Å². The van der Waals surface area contributed by atoms with Crippen molar-refractivity contribution in [2.75, 3.05) is 33.7 Å². The minimum atomic E-state index is 0.900. The molecule has 0 atom stereocenters. The Morgan fingerprint density at radius 1 is 1.50 bits per heavy atom. The van der Waals surface area contributed by atoms with Crippen LogP contribution < -0.4 is 5.32 Å². The number of nitrogens with one attached hydrogen (secondary N) is 1. The third-order valence-corrected chi connectivity index (χ3v) is 1.92. The van der Waals surface area contributed by atoms with Gasteiger partial charge in [0.1, 0.15) is 0 Å². The van der Waals surface area contributed by atoms with Crippen LogP contribution in [0.3, 0.4) is 0 Å². The summed E-state index contributed by atoms with van der Waals surface area (Å²) in [6.45, 7) is 5.11. The average molecular weight is 191 g/mol. The molecule has 0 bridgehead atoms. The molecule has 0 aliphatic heterocycles. The van der Waals surface area contributed by atoms with E-state index < -0.39 is 0 Å². The standard InChI is InChI=1S/C9H19ClN2/c1-9(7-10)8-11-5-4-6-12(2)3/h7,11H,4-6,8H2,1-3H3. The molecule has 0 saturated carbocycles. The van der Waals surface area contributed by atoms with Crippen LogP contribution in [0.1, 0.15) is 13.3 Å². The SMILES string of the molecule is CC(=CCl)CNCCCN(C)C. The normalized spacial score (nSPS) is 12.6. The fourth-order valence-electron chi connectivity index (χ4n) is 0.844. The molecule has 0 unspecified atom stereocenters. The van der Waals surface area contributed by atoms with Gasteiger partial charge in [-0.2, -0.15) is 0 Å². The quantitative estimate of drug-likeness (QED) is 0.642. The first-order valence-electron chi connectivity index (χ1n) is 4.28. The summed E-state index contributed by atoms with van der Waals surface area (Å²) in [5, 5.41) is 3.31. The Hall–Kier alpha value is -0.0500. The summed E-state index contributed by atoms with van der Waals surface area (Å²) < 4.78 is 0. The van der Waals surface area contributed by atoms with Gasteiger partial charge in [-0.1, -0.05) is 11.6 Å². The van der Waals surface area contributed by atoms with Crippen LogP contribution in [0.15, 0.2) is 11.1 Å². The van der Waals surface area contributed by atoms with Gasteiger partial charge in [-0.25, -0.2) is 0 Å². The summed E-state index contributed by atoms with van der Waals surface area (Å²) in [7, 11) is 4.17. The topological polar surface area (TPSA) is 15.3 Å². The summed E-state index contributed by atoms with van der Waals surface area (Å²) in [6.07, 6.45) is 1.18. The summed E-state index contributed by atoms with van der Waals surface area (Å²) in [5.74, 6) is 0. The lowest BCUT2D eigenvalue weighted by Crippen LogP contribution is -2.22. The molecule has 0 fully saturated rings. The van der Waals surface area contributed by atoms with E-state index in [0.717, 1.165) is 19.6 Å². The van der Waals surface area contributed by atoms with Crippen LogP contribution >= 0.6 is 11.6 Å². The smallest absolute Gasteiger partial charge is 0.0173 e. The highest BCUT2D eigenvalue weighted by atomic mass is 35.5. The van der Waals surface area contributed by atoms with Gasteiger partial charge in [0.25, 0.3) is 0 Å². The van der Waals surface area contributed by atoms with E-state index in [9.17, 15) is 0 Å². The van der Waals surface area contributed by atoms with Crippen LogP contribution in [0.4, 0.5) is 0 Å². The minimum absolute atomic E-state index is 0.900. The Labute approximate surface area is 80.6 Å². The van der Waals surface area contributed by atoms with Crippen molar-refractivity contribution in [2.24, 2.45) is 0 Å². The molecular weight excluding hydrogens is 172 g/mol. The Morgan fingerprint density at radius 3 is 2.67 bits per heavy atom. The van der Waals surface area contributed by atoms with Crippen molar-refractivity contribution in [1.82, 2.24) is 10.2 Å². The van der Waals surface area contributed by atoms with Gasteiger partial charge >= 0.3 is 0 Å². The zero-order chi connectivity index (χ0) is 9.40. The van der Waals surface area contributed by atoms with Gasteiger partial charge in [-0.3, -0.25) is 0 Å². The molecule has 0 aromatic heterocycles. The molecule has 0 aliphatic carbocycles. The Balaban J connectivity index is 3.11. The van der Waals surface area contributed by atoms with Crippen LogP contribution in [0, 0.1) is 0 Å². The third kappa shape index (κ3) is 8.05. The van der Waals surface area contributed by atoms with Crippen molar-refractivity contribution in [3.05, 3.63) is 11.1 Å². The molecule has 0 amide bonds. The molecule has 0 radical (unpaired) electrons. The summed E-state index contributed by atoms with van der Waals surface area (Å²) in [5.41, 5.74) is 2.81. The monoisotopic (exact) mass is 190 g/mol. The maximum atomic E-state index is 5.50. The van der Waals surface area contributed by atoms with Crippen LogP contribution in [0.5, 0.6) is 0 Å². The third-order valence-electron chi connectivity index (χ3n) is 1.55. The van der Waals surface area contributed by atoms with Crippen molar-refractivity contribution < 1.29 is 0 Å². The van der Waals surface area contributed by atoms with Gasteiger partial charge in [-0.15, -0.1) is 0 Å². The largest absolute Gasteiger partial charge is 0.313 e. The molecule has 3 heteroatoms. The molecule has 0 rings (SSSR count). The highest BCUT2D eigenvalue weighted by Gasteiger charge is 1.91. The van der Waals surface area contributed by atoms with Gasteiger partial charge in [0.05, 0.1) is 0 Å². The van der Waals surface area contributed by atoms with E-state index in [4.69, 9.17) is 11.6 Å². The zero-order valence-corrected chi connectivity index (χ0v) is 8.99. The predicted molar refractivity (Wildman–Crippen MR) is 55.7 cm³/mol. The maximum Gasteiger partial charge on any atom is 0.0173 e. The summed E-state index contributed by atoms with van der Waals surface area (Å²) >= 11 is 5.50. The Kier molecular flexibility index (Phi) is 7.56. The molecule has 0 heterocycles. The highest BCUT2D eigenvalue weighted by Crippen LogP contribution is 1.91. The second kappa shape index (κ2) is 7.59. The van der Waals surface area contributed by atoms with Gasteiger partial charge in [0, 0.05) is 12.1 Å². The first-order valence-corrected chi connectivity index (χ1v) is 4.71. The van der Waals surface area contributed by atoms with Crippen molar-refractivity contribution in [1.29, 1.82) is 0 Å². The Bertz CT molecular complexity index is 132. The number of halogens is 1. The molecule has 12 heavy (non-hydrogen) atoms. The summed E-state index contributed by atoms with van der Waals surface area (Å²) in [6, 6.07) is 0. The molecule has 2 nitrogen and oxygen atoms in total. The number of hydrogen-bond donors (Lipinski definition) is 1. The zero-order valence-electron chi connectivity index (χ0n) is 8.23. The van der Waals surface area contributed by atoms with Crippen LogP contribution in [-0.2, 0) is 0 Å².